The second kappa shape index (κ2) is 9.47. The van der Waals surface area contributed by atoms with Crippen LogP contribution in [0, 0.1) is 5.92 Å². The second-order valence-corrected chi connectivity index (χ2v) is 8.40. The minimum Gasteiger partial charge on any atom is -0.494 e. The van der Waals surface area contributed by atoms with Gasteiger partial charge in [0, 0.05) is 31.0 Å². The zero-order chi connectivity index (χ0) is 22.7. The van der Waals surface area contributed by atoms with E-state index in [0.717, 1.165) is 30.4 Å². The Kier molecular flexibility index (Phi) is 6.49. The number of hydrogen-bond acceptors (Lipinski definition) is 5. The molecule has 2 aromatic rings. The molecule has 168 valence electrons. The Bertz CT molecular complexity index is 1000. The Morgan fingerprint density at radius 3 is 2.19 bits per heavy atom. The summed E-state index contributed by atoms with van der Waals surface area (Å²) in [6, 6.07) is 15.4. The van der Waals surface area contributed by atoms with Crippen molar-refractivity contribution in [3.05, 3.63) is 59.8 Å². The van der Waals surface area contributed by atoms with E-state index in [1.165, 1.54) is 23.4 Å². The minimum atomic E-state index is -0.296. The molecule has 32 heavy (non-hydrogen) atoms. The molecule has 1 N–H and O–H groups in total. The summed E-state index contributed by atoms with van der Waals surface area (Å²) < 4.78 is 5.51. The van der Waals surface area contributed by atoms with Crippen molar-refractivity contribution in [3.63, 3.8) is 0 Å². The lowest BCUT2D eigenvalue weighted by Gasteiger charge is -2.32. The number of anilines is 2. The molecule has 0 aliphatic carbocycles. The fourth-order valence-electron chi connectivity index (χ4n) is 4.30. The predicted octanol–water partition coefficient (Wildman–Crippen LogP) is 4.53. The molecule has 2 aromatic carbocycles. The standard InChI is InChI=1S/C26H31N3O3/c1-4-29-25(30)23(19-6-12-22(13-7-19)32-5-2)24(26(29)31)27-20-8-10-21(11-9-20)28-16-14-18(3)15-17-28/h6-13,18,27H,4-5,14-17H2,1-3H3. The van der Waals surface area contributed by atoms with Gasteiger partial charge in [0.15, 0.2) is 0 Å². The Morgan fingerprint density at radius 1 is 0.938 bits per heavy atom. The minimum absolute atomic E-state index is 0.275. The van der Waals surface area contributed by atoms with Gasteiger partial charge in [-0.05, 0) is 74.6 Å². The van der Waals surface area contributed by atoms with Gasteiger partial charge in [0.1, 0.15) is 11.4 Å². The number of hydrogen-bond donors (Lipinski definition) is 1. The molecule has 2 aliphatic rings. The molecule has 1 fully saturated rings. The molecule has 6 nitrogen and oxygen atoms in total. The van der Waals surface area contributed by atoms with Crippen molar-refractivity contribution in [2.75, 3.05) is 36.5 Å². The van der Waals surface area contributed by atoms with Gasteiger partial charge in [-0.3, -0.25) is 14.5 Å². The number of ether oxygens (including phenoxy) is 1. The lowest BCUT2D eigenvalue weighted by molar-refractivity contribution is -0.136. The van der Waals surface area contributed by atoms with E-state index in [9.17, 15) is 9.59 Å². The molecular weight excluding hydrogens is 402 g/mol. The van der Waals surface area contributed by atoms with E-state index in [0.29, 0.717) is 30.0 Å². The molecule has 2 heterocycles. The zero-order valence-electron chi connectivity index (χ0n) is 19.1. The number of rotatable bonds is 7. The first-order chi connectivity index (χ1) is 15.5. The van der Waals surface area contributed by atoms with Gasteiger partial charge in [-0.25, -0.2) is 0 Å². The molecule has 0 atom stereocenters. The fourth-order valence-corrected chi connectivity index (χ4v) is 4.30. The van der Waals surface area contributed by atoms with Gasteiger partial charge in [-0.15, -0.1) is 0 Å². The maximum absolute atomic E-state index is 13.0. The number of likely N-dealkylation sites (N-methyl/N-ethyl adjacent to an activating group) is 1. The number of carbonyl (C=O) groups excluding carboxylic acids is 2. The highest BCUT2D eigenvalue weighted by Gasteiger charge is 2.38. The van der Waals surface area contributed by atoms with Crippen LogP contribution in [-0.2, 0) is 9.59 Å². The van der Waals surface area contributed by atoms with E-state index in [1.807, 2.05) is 50.2 Å². The largest absolute Gasteiger partial charge is 0.494 e. The van der Waals surface area contributed by atoms with Crippen LogP contribution in [-0.4, -0.2) is 43.0 Å². The van der Waals surface area contributed by atoms with E-state index in [1.54, 1.807) is 0 Å². The fraction of sp³-hybridized carbons (Fsp3) is 0.385. The molecule has 1 saturated heterocycles. The summed E-state index contributed by atoms with van der Waals surface area (Å²) in [5.74, 6) is 0.949. The number of piperidine rings is 1. The smallest absolute Gasteiger partial charge is 0.278 e. The van der Waals surface area contributed by atoms with Crippen LogP contribution in [0.5, 0.6) is 5.75 Å². The Labute approximate surface area is 189 Å². The van der Waals surface area contributed by atoms with Gasteiger partial charge in [-0.2, -0.15) is 0 Å². The molecule has 0 aromatic heterocycles. The quantitative estimate of drug-likeness (QED) is 0.650. The number of imide groups is 1. The maximum Gasteiger partial charge on any atom is 0.278 e. The zero-order valence-corrected chi connectivity index (χ0v) is 19.1. The molecule has 6 heteroatoms. The highest BCUT2D eigenvalue weighted by atomic mass is 16.5. The third-order valence-corrected chi connectivity index (χ3v) is 6.22. The molecule has 2 aliphatic heterocycles. The molecular formula is C26H31N3O3. The van der Waals surface area contributed by atoms with Gasteiger partial charge in [0.05, 0.1) is 12.2 Å². The normalized spacial score (nSPS) is 17.3. The average molecular weight is 434 g/mol. The summed E-state index contributed by atoms with van der Waals surface area (Å²) in [5.41, 5.74) is 3.39. The van der Waals surface area contributed by atoms with Gasteiger partial charge >= 0.3 is 0 Å². The third-order valence-electron chi connectivity index (χ3n) is 6.22. The Hall–Kier alpha value is -3.28. The van der Waals surface area contributed by atoms with E-state index in [4.69, 9.17) is 4.74 Å². The summed E-state index contributed by atoms with van der Waals surface area (Å²) in [6.07, 6.45) is 2.42. The number of benzene rings is 2. The van der Waals surface area contributed by atoms with Gasteiger partial charge in [-0.1, -0.05) is 19.1 Å². The van der Waals surface area contributed by atoms with Crippen molar-refractivity contribution < 1.29 is 14.3 Å². The number of carbonyl (C=O) groups is 2. The number of nitrogens with one attached hydrogen (secondary N) is 1. The highest BCUT2D eigenvalue weighted by Crippen LogP contribution is 2.32. The SMILES string of the molecule is CCOc1ccc(C2=C(Nc3ccc(N4CCC(C)CC4)cc3)C(=O)N(CC)C2=O)cc1. The molecule has 0 radical (unpaired) electrons. The van der Waals surface area contributed by atoms with Gasteiger partial charge in [0.25, 0.3) is 11.8 Å². The van der Waals surface area contributed by atoms with Crippen LogP contribution in [0.25, 0.3) is 5.57 Å². The monoisotopic (exact) mass is 433 g/mol. The van der Waals surface area contributed by atoms with E-state index in [-0.39, 0.29) is 11.8 Å². The third kappa shape index (κ3) is 4.35. The lowest BCUT2D eigenvalue weighted by atomic mass is 9.99. The first-order valence-electron chi connectivity index (χ1n) is 11.5. The number of amides is 2. The highest BCUT2D eigenvalue weighted by molar-refractivity contribution is 6.36. The van der Waals surface area contributed by atoms with Crippen molar-refractivity contribution in [3.8, 4) is 5.75 Å². The van der Waals surface area contributed by atoms with Gasteiger partial charge < -0.3 is 15.0 Å². The van der Waals surface area contributed by atoms with Crippen molar-refractivity contribution in [2.45, 2.75) is 33.6 Å². The van der Waals surface area contributed by atoms with Crippen LogP contribution in [0.4, 0.5) is 11.4 Å². The van der Waals surface area contributed by atoms with Crippen LogP contribution in [0.15, 0.2) is 54.2 Å². The van der Waals surface area contributed by atoms with Crippen LogP contribution < -0.4 is 15.0 Å². The van der Waals surface area contributed by atoms with Crippen LogP contribution in [0.1, 0.15) is 39.2 Å². The Morgan fingerprint density at radius 2 is 1.59 bits per heavy atom. The first kappa shape index (κ1) is 21.9. The van der Waals surface area contributed by atoms with Crippen LogP contribution in [0.3, 0.4) is 0 Å². The summed E-state index contributed by atoms with van der Waals surface area (Å²) in [4.78, 5) is 29.7. The van der Waals surface area contributed by atoms with E-state index in [2.05, 4.69) is 29.3 Å². The summed E-state index contributed by atoms with van der Waals surface area (Å²) in [6.45, 7) is 9.08. The van der Waals surface area contributed by atoms with Crippen molar-refractivity contribution >= 4 is 28.8 Å². The lowest BCUT2D eigenvalue weighted by Crippen LogP contribution is -2.32. The van der Waals surface area contributed by atoms with Crippen molar-refractivity contribution in [1.29, 1.82) is 0 Å². The molecule has 0 spiro atoms. The molecule has 0 saturated carbocycles. The predicted molar refractivity (Wildman–Crippen MR) is 128 cm³/mol. The number of nitrogens with zero attached hydrogens (tertiary/aromatic N) is 2. The van der Waals surface area contributed by atoms with Crippen LogP contribution in [0.2, 0.25) is 0 Å². The average Bonchev–Trinajstić information content (AvgIpc) is 3.04. The molecule has 2 amide bonds. The summed E-state index contributed by atoms with van der Waals surface area (Å²) in [5, 5.41) is 3.23. The topological polar surface area (TPSA) is 61.9 Å². The van der Waals surface area contributed by atoms with Crippen molar-refractivity contribution in [1.82, 2.24) is 4.90 Å². The van der Waals surface area contributed by atoms with Crippen molar-refractivity contribution in [2.24, 2.45) is 5.92 Å². The summed E-state index contributed by atoms with van der Waals surface area (Å²) >= 11 is 0. The van der Waals surface area contributed by atoms with Gasteiger partial charge in [0.2, 0.25) is 0 Å². The van der Waals surface area contributed by atoms with E-state index < -0.39 is 0 Å². The van der Waals surface area contributed by atoms with Crippen LogP contribution >= 0.6 is 0 Å². The summed E-state index contributed by atoms with van der Waals surface area (Å²) in [7, 11) is 0. The Balaban J connectivity index is 1.59. The first-order valence-corrected chi connectivity index (χ1v) is 11.5. The second-order valence-electron chi connectivity index (χ2n) is 8.40. The molecule has 0 unspecified atom stereocenters. The molecule has 4 rings (SSSR count). The van der Waals surface area contributed by atoms with E-state index >= 15 is 0 Å². The maximum atomic E-state index is 13.0. The molecule has 0 bridgehead atoms.